The summed E-state index contributed by atoms with van der Waals surface area (Å²) in [5.74, 6) is -0.275. The summed E-state index contributed by atoms with van der Waals surface area (Å²) < 4.78 is 0. The van der Waals surface area contributed by atoms with Crippen LogP contribution in [0.4, 0.5) is 0 Å². The molecule has 0 aliphatic heterocycles. The Morgan fingerprint density at radius 3 is 2.59 bits per heavy atom. The molecule has 2 rings (SSSR count). The molecule has 1 unspecified atom stereocenters. The van der Waals surface area contributed by atoms with E-state index in [1.54, 1.807) is 19.2 Å². The molecule has 3 N–H and O–H groups in total. The molecule has 0 aromatic heterocycles. The number of nitrogens with one attached hydrogen (secondary N) is 2. The fraction of sp³-hybridized carbons (Fsp3) is 0.250. The van der Waals surface area contributed by atoms with E-state index in [1.807, 2.05) is 12.1 Å². The maximum Gasteiger partial charge on any atom is 0.215 e. The Kier molecular flexibility index (Phi) is 3.36. The monoisotopic (exact) mass is 252 g/mol. The summed E-state index contributed by atoms with van der Waals surface area (Å²) in [6.45, 7) is 0.524. The lowest BCUT2D eigenvalue weighted by Crippen LogP contribution is -2.47. The van der Waals surface area contributed by atoms with E-state index in [0.29, 0.717) is 23.0 Å². The van der Waals surface area contributed by atoms with Gasteiger partial charge in [-0.1, -0.05) is 23.7 Å². The predicted octanol–water partition coefficient (Wildman–Crippen LogP) is 0.804. The SMILES string of the molecule is CNC1=C(NCc2ccc(Cl)cc2)C(=O)C1O. The van der Waals surface area contributed by atoms with Gasteiger partial charge in [-0.3, -0.25) is 4.79 Å². The summed E-state index contributed by atoms with van der Waals surface area (Å²) >= 11 is 5.77. The first-order valence-electron chi connectivity index (χ1n) is 5.26. The maximum atomic E-state index is 11.4. The number of ketones is 1. The van der Waals surface area contributed by atoms with Crippen molar-refractivity contribution in [2.24, 2.45) is 0 Å². The number of halogens is 1. The van der Waals surface area contributed by atoms with E-state index in [1.165, 1.54) is 0 Å². The molecule has 0 saturated heterocycles. The van der Waals surface area contributed by atoms with Crippen molar-refractivity contribution in [1.29, 1.82) is 0 Å². The Morgan fingerprint density at radius 1 is 1.35 bits per heavy atom. The van der Waals surface area contributed by atoms with E-state index < -0.39 is 6.10 Å². The number of Topliss-reactive ketones (excluding diaryl/α,β-unsaturated/α-hetero) is 1. The Morgan fingerprint density at radius 2 is 2.00 bits per heavy atom. The van der Waals surface area contributed by atoms with Gasteiger partial charge in [0.15, 0.2) is 6.10 Å². The van der Waals surface area contributed by atoms with Crippen molar-refractivity contribution < 1.29 is 9.90 Å². The van der Waals surface area contributed by atoms with Gasteiger partial charge in [-0.25, -0.2) is 0 Å². The second-order valence-electron chi connectivity index (χ2n) is 3.79. The van der Waals surface area contributed by atoms with Gasteiger partial charge in [-0.15, -0.1) is 0 Å². The molecule has 1 aliphatic rings. The second-order valence-corrected chi connectivity index (χ2v) is 4.22. The summed E-state index contributed by atoms with van der Waals surface area (Å²) in [4.78, 5) is 11.4. The van der Waals surface area contributed by atoms with Crippen LogP contribution in [0.2, 0.25) is 5.02 Å². The zero-order valence-corrected chi connectivity index (χ0v) is 10.1. The molecule has 0 amide bonds. The van der Waals surface area contributed by atoms with Crippen molar-refractivity contribution in [3.8, 4) is 0 Å². The number of aliphatic hydroxyl groups excluding tert-OH is 1. The van der Waals surface area contributed by atoms with E-state index in [4.69, 9.17) is 11.6 Å². The van der Waals surface area contributed by atoms with E-state index >= 15 is 0 Å². The molecule has 0 heterocycles. The first-order chi connectivity index (χ1) is 8.13. The highest BCUT2D eigenvalue weighted by Gasteiger charge is 2.37. The highest BCUT2D eigenvalue weighted by Crippen LogP contribution is 2.20. The van der Waals surface area contributed by atoms with E-state index in [2.05, 4.69) is 10.6 Å². The fourth-order valence-electron chi connectivity index (χ4n) is 1.70. The maximum absolute atomic E-state index is 11.4. The molecule has 1 aliphatic carbocycles. The topological polar surface area (TPSA) is 61.4 Å². The Labute approximate surface area is 104 Å². The van der Waals surface area contributed by atoms with Crippen molar-refractivity contribution in [2.75, 3.05) is 7.05 Å². The van der Waals surface area contributed by atoms with Crippen molar-refractivity contribution in [3.05, 3.63) is 46.2 Å². The molecule has 90 valence electrons. The molecule has 0 saturated carbocycles. The van der Waals surface area contributed by atoms with Crippen LogP contribution in [0.3, 0.4) is 0 Å². The third-order valence-electron chi connectivity index (χ3n) is 2.69. The predicted molar refractivity (Wildman–Crippen MR) is 65.4 cm³/mol. The Balaban J connectivity index is 2.01. The summed E-state index contributed by atoms with van der Waals surface area (Å²) in [6.07, 6.45) is -1.01. The van der Waals surface area contributed by atoms with Gasteiger partial charge >= 0.3 is 0 Å². The quantitative estimate of drug-likeness (QED) is 0.742. The van der Waals surface area contributed by atoms with Gasteiger partial charge < -0.3 is 15.7 Å². The van der Waals surface area contributed by atoms with Gasteiger partial charge in [0.05, 0.1) is 5.70 Å². The van der Waals surface area contributed by atoms with Crippen LogP contribution in [0.15, 0.2) is 35.7 Å². The molecule has 0 bridgehead atoms. The van der Waals surface area contributed by atoms with Crippen molar-refractivity contribution in [1.82, 2.24) is 10.6 Å². The average molecular weight is 253 g/mol. The molecule has 1 aromatic rings. The van der Waals surface area contributed by atoms with Crippen LogP contribution in [-0.2, 0) is 11.3 Å². The van der Waals surface area contributed by atoms with Crippen molar-refractivity contribution >= 4 is 17.4 Å². The highest BCUT2D eigenvalue weighted by molar-refractivity contribution is 6.30. The molecule has 0 radical (unpaired) electrons. The van der Waals surface area contributed by atoms with Crippen molar-refractivity contribution in [2.45, 2.75) is 12.6 Å². The first kappa shape index (κ1) is 12.0. The second kappa shape index (κ2) is 4.77. The number of rotatable bonds is 4. The van der Waals surface area contributed by atoms with Crippen LogP contribution in [0.5, 0.6) is 0 Å². The smallest absolute Gasteiger partial charge is 0.215 e. The third-order valence-corrected chi connectivity index (χ3v) is 2.94. The van der Waals surface area contributed by atoms with Crippen LogP contribution < -0.4 is 10.6 Å². The van der Waals surface area contributed by atoms with Crippen LogP contribution in [0.25, 0.3) is 0 Å². The van der Waals surface area contributed by atoms with E-state index in [9.17, 15) is 9.90 Å². The molecule has 1 aromatic carbocycles. The lowest BCUT2D eigenvalue weighted by atomic mass is 9.95. The van der Waals surface area contributed by atoms with Crippen LogP contribution in [-0.4, -0.2) is 24.0 Å². The van der Waals surface area contributed by atoms with Gasteiger partial charge in [-0.2, -0.15) is 0 Å². The van der Waals surface area contributed by atoms with Gasteiger partial charge in [0.1, 0.15) is 5.70 Å². The number of likely N-dealkylation sites (N-methyl/N-ethyl adjacent to an activating group) is 1. The molecule has 0 fully saturated rings. The molecule has 0 spiro atoms. The number of benzene rings is 1. The molecule has 17 heavy (non-hydrogen) atoms. The lowest BCUT2D eigenvalue weighted by Gasteiger charge is -2.28. The van der Waals surface area contributed by atoms with Crippen LogP contribution in [0, 0.1) is 0 Å². The summed E-state index contributed by atoms with van der Waals surface area (Å²) in [5.41, 5.74) is 2.02. The minimum atomic E-state index is -1.01. The summed E-state index contributed by atoms with van der Waals surface area (Å²) in [6, 6.07) is 7.36. The van der Waals surface area contributed by atoms with Gasteiger partial charge in [0, 0.05) is 18.6 Å². The first-order valence-corrected chi connectivity index (χ1v) is 5.64. The molecule has 5 heteroatoms. The Bertz CT molecular complexity index is 468. The number of hydrogen-bond donors (Lipinski definition) is 3. The van der Waals surface area contributed by atoms with Gasteiger partial charge in [0.2, 0.25) is 5.78 Å². The zero-order chi connectivity index (χ0) is 12.4. The lowest BCUT2D eigenvalue weighted by molar-refractivity contribution is -0.125. The molecule has 4 nitrogen and oxygen atoms in total. The number of carbonyl (C=O) groups excluding carboxylic acids is 1. The minimum absolute atomic E-state index is 0.275. The number of aliphatic hydroxyl groups is 1. The minimum Gasteiger partial charge on any atom is -0.387 e. The van der Waals surface area contributed by atoms with Crippen LogP contribution >= 0.6 is 11.6 Å². The normalized spacial score (nSPS) is 19.0. The van der Waals surface area contributed by atoms with Gasteiger partial charge in [-0.05, 0) is 17.7 Å². The fourth-order valence-corrected chi connectivity index (χ4v) is 1.82. The number of carbonyl (C=O) groups is 1. The molecular weight excluding hydrogens is 240 g/mol. The van der Waals surface area contributed by atoms with E-state index in [-0.39, 0.29) is 5.78 Å². The summed E-state index contributed by atoms with van der Waals surface area (Å²) in [7, 11) is 1.68. The zero-order valence-electron chi connectivity index (χ0n) is 9.33. The van der Waals surface area contributed by atoms with Crippen molar-refractivity contribution in [3.63, 3.8) is 0 Å². The van der Waals surface area contributed by atoms with E-state index in [0.717, 1.165) is 5.56 Å². The molecular formula is C12H13ClN2O2. The standard InChI is InChI=1S/C12H13ClN2O2/c1-14-9-10(12(17)11(9)16)15-6-7-2-4-8(13)5-3-7/h2-5,11,14-16H,6H2,1H3. The summed E-state index contributed by atoms with van der Waals surface area (Å²) in [5, 5.41) is 15.8. The average Bonchev–Trinajstić information content (AvgIpc) is 2.35. The van der Waals surface area contributed by atoms with Crippen LogP contribution in [0.1, 0.15) is 5.56 Å². The number of hydrogen-bond acceptors (Lipinski definition) is 4. The molecule has 1 atom stereocenters. The van der Waals surface area contributed by atoms with Gasteiger partial charge in [0.25, 0.3) is 0 Å². The third kappa shape index (κ3) is 2.28. The highest BCUT2D eigenvalue weighted by atomic mass is 35.5. The Hall–Kier alpha value is -1.52. The largest absolute Gasteiger partial charge is 0.387 e.